The van der Waals surface area contributed by atoms with Crippen molar-refractivity contribution in [3.05, 3.63) is 35.5 Å². The third kappa shape index (κ3) is 2.66. The highest BCUT2D eigenvalue weighted by Gasteiger charge is 2.67. The second kappa shape index (κ2) is 6.49. The molecule has 0 aromatic rings. The van der Waals surface area contributed by atoms with E-state index >= 15 is 0 Å². The average molecular weight is 398 g/mol. The van der Waals surface area contributed by atoms with Crippen molar-refractivity contribution in [1.29, 1.82) is 0 Å². The lowest BCUT2D eigenvalue weighted by molar-refractivity contribution is -0.167. The van der Waals surface area contributed by atoms with Gasteiger partial charge in [-0.25, -0.2) is 0 Å². The van der Waals surface area contributed by atoms with Crippen molar-refractivity contribution >= 4 is 17.5 Å². The minimum Gasteiger partial charge on any atom is -0.458 e. The lowest BCUT2D eigenvalue weighted by atomic mass is 9.51. The molecule has 156 valence electrons. The zero-order valence-electron chi connectivity index (χ0n) is 17.7. The predicted octanol–water partition coefficient (Wildman–Crippen LogP) is 3.32. The van der Waals surface area contributed by atoms with Crippen molar-refractivity contribution in [2.75, 3.05) is 6.61 Å². The van der Waals surface area contributed by atoms with Crippen LogP contribution in [0, 0.1) is 28.6 Å². The number of Topliss-reactive ketones (excluding diaryl/α,β-unsaturated/α-hetero) is 1. The van der Waals surface area contributed by atoms with E-state index in [2.05, 4.69) is 13.0 Å². The lowest BCUT2D eigenvalue weighted by Crippen LogP contribution is -2.57. The van der Waals surface area contributed by atoms with Gasteiger partial charge < -0.3 is 9.84 Å². The summed E-state index contributed by atoms with van der Waals surface area (Å²) < 4.78 is 4.95. The maximum Gasteiger partial charge on any atom is 0.303 e. The fourth-order valence-electron chi connectivity index (χ4n) is 6.74. The minimum atomic E-state index is -1.51. The Morgan fingerprint density at radius 2 is 2.03 bits per heavy atom. The van der Waals surface area contributed by atoms with Crippen LogP contribution in [0.4, 0.5) is 0 Å². The fourth-order valence-corrected chi connectivity index (χ4v) is 6.74. The van der Waals surface area contributed by atoms with Crippen LogP contribution in [0.15, 0.2) is 35.5 Å². The molecule has 0 unspecified atom stereocenters. The van der Waals surface area contributed by atoms with Gasteiger partial charge >= 0.3 is 5.97 Å². The van der Waals surface area contributed by atoms with Crippen LogP contribution in [0.3, 0.4) is 0 Å². The number of fused-ring (bicyclic) bond motifs is 5. The topological polar surface area (TPSA) is 80.7 Å². The second-order valence-electron chi connectivity index (χ2n) is 9.75. The number of rotatable bonds is 3. The molecule has 5 heteroatoms. The molecule has 2 saturated carbocycles. The number of hydrogen-bond donors (Lipinski definition) is 1. The quantitative estimate of drug-likeness (QED) is 0.583. The number of carbonyl (C=O) groups excluding carboxylic acids is 3. The number of esters is 1. The van der Waals surface area contributed by atoms with Crippen LogP contribution >= 0.6 is 0 Å². The van der Waals surface area contributed by atoms with Gasteiger partial charge in [0.05, 0.1) is 0 Å². The molecule has 29 heavy (non-hydrogen) atoms. The Balaban J connectivity index is 1.71. The van der Waals surface area contributed by atoms with E-state index in [0.717, 1.165) is 19.3 Å². The number of allylic oxidation sites excluding steroid dienone is 6. The Hall–Kier alpha value is -2.01. The molecule has 0 saturated heterocycles. The SMILES string of the molecule is CC(=O)OCC(=O)[C@]1(O)[C@@H](C)C[C@@H]2[C@H]3CCC4=CC(=O)C=C[C@@]4(C)C3=CC[C@]21C. The first-order chi connectivity index (χ1) is 13.5. The summed E-state index contributed by atoms with van der Waals surface area (Å²) >= 11 is 0. The molecule has 0 spiro atoms. The summed E-state index contributed by atoms with van der Waals surface area (Å²) in [5.41, 5.74) is 0.145. The Morgan fingerprint density at radius 3 is 2.72 bits per heavy atom. The summed E-state index contributed by atoms with van der Waals surface area (Å²) in [6.45, 7) is 7.03. The number of aliphatic hydroxyl groups is 1. The second-order valence-corrected chi connectivity index (χ2v) is 9.75. The molecule has 6 atom stereocenters. The van der Waals surface area contributed by atoms with Gasteiger partial charge in [0.15, 0.2) is 12.4 Å². The standard InChI is InChI=1S/C24H30O5/c1-14-11-20-18-6-5-16-12-17(26)7-9-22(16,3)19(18)8-10-23(20,4)24(14,28)21(27)13-29-15(2)25/h7-9,12,14,18,20,28H,5-6,10-11,13H2,1-4H3/t14-,18-,20+,22+,23+,24+/m0/s1. The van der Waals surface area contributed by atoms with E-state index in [1.165, 1.54) is 18.1 Å². The summed E-state index contributed by atoms with van der Waals surface area (Å²) in [6, 6.07) is 0. The van der Waals surface area contributed by atoms with Crippen molar-refractivity contribution in [2.45, 2.75) is 59.0 Å². The molecule has 0 heterocycles. The van der Waals surface area contributed by atoms with Crippen LogP contribution < -0.4 is 0 Å². The Kier molecular flexibility index (Phi) is 4.54. The number of ketones is 2. The van der Waals surface area contributed by atoms with Crippen LogP contribution in [0.5, 0.6) is 0 Å². The first kappa shape index (κ1) is 20.3. The Morgan fingerprint density at radius 1 is 1.31 bits per heavy atom. The Bertz CT molecular complexity index is 880. The number of ether oxygens (including phenoxy) is 1. The monoisotopic (exact) mass is 398 g/mol. The molecule has 0 amide bonds. The van der Waals surface area contributed by atoms with E-state index in [9.17, 15) is 19.5 Å². The van der Waals surface area contributed by atoms with Gasteiger partial charge in [-0.3, -0.25) is 14.4 Å². The summed E-state index contributed by atoms with van der Waals surface area (Å²) in [6.07, 6.45) is 10.8. The molecule has 5 nitrogen and oxygen atoms in total. The van der Waals surface area contributed by atoms with Gasteiger partial charge in [-0.15, -0.1) is 0 Å². The molecule has 0 aliphatic heterocycles. The highest BCUT2D eigenvalue weighted by molar-refractivity contribution is 6.01. The molecule has 0 aromatic heterocycles. The lowest BCUT2D eigenvalue weighted by Gasteiger charge is -2.53. The molecule has 4 rings (SSSR count). The zero-order chi connectivity index (χ0) is 21.2. The third-order valence-electron chi connectivity index (χ3n) is 8.36. The van der Waals surface area contributed by atoms with Crippen molar-refractivity contribution in [2.24, 2.45) is 28.6 Å². The average Bonchev–Trinajstić information content (AvgIpc) is 2.88. The van der Waals surface area contributed by atoms with E-state index in [0.29, 0.717) is 6.42 Å². The molecule has 0 bridgehead atoms. The largest absolute Gasteiger partial charge is 0.458 e. The highest BCUT2D eigenvalue weighted by atomic mass is 16.5. The van der Waals surface area contributed by atoms with E-state index < -0.39 is 22.8 Å². The first-order valence-corrected chi connectivity index (χ1v) is 10.6. The summed E-state index contributed by atoms with van der Waals surface area (Å²) in [5, 5.41) is 11.7. The van der Waals surface area contributed by atoms with Crippen molar-refractivity contribution < 1.29 is 24.2 Å². The van der Waals surface area contributed by atoms with Gasteiger partial charge in [-0.05, 0) is 62.5 Å². The van der Waals surface area contributed by atoms with E-state index in [4.69, 9.17) is 4.74 Å². The van der Waals surface area contributed by atoms with Gasteiger partial charge in [0.2, 0.25) is 5.78 Å². The maximum absolute atomic E-state index is 13.0. The van der Waals surface area contributed by atoms with Gasteiger partial charge in [-0.1, -0.05) is 37.1 Å². The molecule has 2 fully saturated rings. The van der Waals surface area contributed by atoms with Crippen LogP contribution in [0.25, 0.3) is 0 Å². The maximum atomic E-state index is 13.0. The summed E-state index contributed by atoms with van der Waals surface area (Å²) in [7, 11) is 0. The van der Waals surface area contributed by atoms with Crippen molar-refractivity contribution in [1.82, 2.24) is 0 Å². The molecular weight excluding hydrogens is 368 g/mol. The normalized spacial score (nSPS) is 42.9. The van der Waals surface area contributed by atoms with Crippen LogP contribution in [0.1, 0.15) is 53.4 Å². The van der Waals surface area contributed by atoms with Gasteiger partial charge in [0.1, 0.15) is 5.60 Å². The zero-order valence-corrected chi connectivity index (χ0v) is 17.7. The number of hydrogen-bond acceptors (Lipinski definition) is 5. The smallest absolute Gasteiger partial charge is 0.303 e. The van der Waals surface area contributed by atoms with Gasteiger partial charge in [0, 0.05) is 17.8 Å². The molecule has 4 aliphatic rings. The van der Waals surface area contributed by atoms with Gasteiger partial charge in [-0.2, -0.15) is 0 Å². The fraction of sp³-hybridized carbons (Fsp3) is 0.625. The van der Waals surface area contributed by atoms with E-state index in [1.54, 1.807) is 12.2 Å². The molecule has 0 radical (unpaired) electrons. The van der Waals surface area contributed by atoms with E-state index in [1.807, 2.05) is 19.9 Å². The molecular formula is C24H30O5. The summed E-state index contributed by atoms with van der Waals surface area (Å²) in [4.78, 5) is 36.1. The molecule has 0 aromatic carbocycles. The van der Waals surface area contributed by atoms with Crippen molar-refractivity contribution in [3.8, 4) is 0 Å². The third-order valence-corrected chi connectivity index (χ3v) is 8.36. The van der Waals surface area contributed by atoms with Gasteiger partial charge in [0.25, 0.3) is 0 Å². The predicted molar refractivity (Wildman–Crippen MR) is 108 cm³/mol. The highest BCUT2D eigenvalue weighted by Crippen LogP contribution is 2.66. The Labute approximate surface area is 171 Å². The van der Waals surface area contributed by atoms with Crippen LogP contribution in [-0.4, -0.2) is 34.9 Å². The first-order valence-electron chi connectivity index (χ1n) is 10.6. The van der Waals surface area contributed by atoms with E-state index in [-0.39, 0.29) is 35.6 Å². The van der Waals surface area contributed by atoms with Crippen LogP contribution in [0.2, 0.25) is 0 Å². The molecule has 4 aliphatic carbocycles. The summed E-state index contributed by atoms with van der Waals surface area (Å²) in [5.74, 6) is -0.621. The minimum absolute atomic E-state index is 0.0529. The number of carbonyl (C=O) groups is 3. The van der Waals surface area contributed by atoms with Crippen molar-refractivity contribution in [3.63, 3.8) is 0 Å². The molecule has 1 N–H and O–H groups in total. The van der Waals surface area contributed by atoms with Crippen LogP contribution in [-0.2, 0) is 19.1 Å².